The molecule has 0 fully saturated rings. The molecule has 1 N–H and O–H groups in total. The number of H-pyrrole nitrogens is 1. The van der Waals surface area contributed by atoms with Crippen LogP contribution in [0.1, 0.15) is 6.92 Å². The first kappa shape index (κ1) is 14.0. The summed E-state index contributed by atoms with van der Waals surface area (Å²) >= 11 is 5.87. The van der Waals surface area contributed by atoms with E-state index in [1.807, 2.05) is 0 Å². The molecule has 0 atom stereocenters. The van der Waals surface area contributed by atoms with E-state index in [1.165, 1.54) is 0 Å². The molecule has 108 valence electrons. The third-order valence-electron chi connectivity index (χ3n) is 3.19. The zero-order chi connectivity index (χ0) is 15.0. The number of halogens is 1. The highest BCUT2D eigenvalue weighted by Gasteiger charge is 2.14. The normalized spacial score (nSPS) is 11.9. The maximum Gasteiger partial charge on any atom is 0.178 e. The molecule has 0 unspecified atom stereocenters. The molecule has 0 bridgehead atoms. The van der Waals surface area contributed by atoms with Crippen LogP contribution in [0.4, 0.5) is 0 Å². The summed E-state index contributed by atoms with van der Waals surface area (Å²) in [7, 11) is -3.23. The van der Waals surface area contributed by atoms with Gasteiger partial charge in [-0.2, -0.15) is 0 Å². The van der Waals surface area contributed by atoms with Crippen LogP contribution in [0.15, 0.2) is 41.4 Å². The predicted octanol–water partition coefficient (Wildman–Crippen LogP) is 3.07. The van der Waals surface area contributed by atoms with Crippen LogP contribution in [0, 0.1) is 0 Å². The number of aromatic nitrogens is 3. The predicted molar refractivity (Wildman–Crippen MR) is 82.1 cm³/mol. The minimum Gasteiger partial charge on any atom is -0.338 e. The topological polar surface area (TPSA) is 75.7 Å². The van der Waals surface area contributed by atoms with Crippen LogP contribution in [0.3, 0.4) is 0 Å². The molecule has 7 heteroatoms. The van der Waals surface area contributed by atoms with Crippen LogP contribution < -0.4 is 0 Å². The van der Waals surface area contributed by atoms with Gasteiger partial charge in [-0.25, -0.2) is 18.4 Å². The Kier molecular flexibility index (Phi) is 3.43. The molecule has 0 amide bonds. The average molecular weight is 322 g/mol. The molecule has 0 aliphatic rings. The van der Waals surface area contributed by atoms with E-state index in [9.17, 15) is 8.42 Å². The molecule has 0 saturated heterocycles. The number of imidazole rings is 1. The number of aromatic amines is 1. The molecule has 5 nitrogen and oxygen atoms in total. The lowest BCUT2D eigenvalue weighted by Crippen LogP contribution is -2.03. The minimum atomic E-state index is -3.23. The Bertz CT molecular complexity index is 919. The summed E-state index contributed by atoms with van der Waals surface area (Å²) in [5.41, 5.74) is 2.17. The van der Waals surface area contributed by atoms with Crippen LogP contribution in [0.25, 0.3) is 22.4 Å². The Morgan fingerprint density at radius 1 is 1.24 bits per heavy atom. The van der Waals surface area contributed by atoms with Gasteiger partial charge in [0.05, 0.1) is 21.7 Å². The smallest absolute Gasteiger partial charge is 0.178 e. The Labute approximate surface area is 126 Å². The molecule has 3 aromatic rings. The fourth-order valence-corrected chi connectivity index (χ4v) is 3.12. The van der Waals surface area contributed by atoms with Crippen molar-refractivity contribution in [3.8, 4) is 11.4 Å². The largest absolute Gasteiger partial charge is 0.338 e. The molecule has 0 radical (unpaired) electrons. The van der Waals surface area contributed by atoms with Crippen molar-refractivity contribution in [3.63, 3.8) is 0 Å². The van der Waals surface area contributed by atoms with Gasteiger partial charge in [-0.3, -0.25) is 0 Å². The molecule has 0 saturated carbocycles. The first-order chi connectivity index (χ1) is 9.99. The molecular weight excluding hydrogens is 310 g/mol. The van der Waals surface area contributed by atoms with Crippen LogP contribution >= 0.6 is 11.6 Å². The third-order valence-corrected chi connectivity index (χ3v) is 5.13. The maximum absolute atomic E-state index is 11.9. The van der Waals surface area contributed by atoms with Crippen molar-refractivity contribution in [3.05, 3.63) is 41.7 Å². The van der Waals surface area contributed by atoms with Crippen molar-refractivity contribution in [2.75, 3.05) is 5.75 Å². The second kappa shape index (κ2) is 5.13. The van der Waals surface area contributed by atoms with E-state index in [0.717, 1.165) is 5.56 Å². The average Bonchev–Trinajstić information content (AvgIpc) is 2.90. The third kappa shape index (κ3) is 2.64. The number of sulfone groups is 1. The number of pyridine rings is 1. The lowest BCUT2D eigenvalue weighted by Gasteiger charge is -2.00. The van der Waals surface area contributed by atoms with E-state index in [4.69, 9.17) is 11.6 Å². The lowest BCUT2D eigenvalue weighted by atomic mass is 10.2. The van der Waals surface area contributed by atoms with Crippen LogP contribution in [0.5, 0.6) is 0 Å². The van der Waals surface area contributed by atoms with Crippen molar-refractivity contribution in [2.45, 2.75) is 11.8 Å². The van der Waals surface area contributed by atoms with Crippen LogP contribution in [-0.2, 0) is 9.84 Å². The van der Waals surface area contributed by atoms with E-state index in [1.54, 1.807) is 43.5 Å². The Balaban J connectivity index is 2.13. The van der Waals surface area contributed by atoms with Crippen LogP contribution in [-0.4, -0.2) is 29.1 Å². The standard InChI is InChI=1S/C14H12ClN3O2S/c1-2-21(19,20)10-3-4-11-12(8-10)18-14(17-11)9-5-6-16-13(15)7-9/h3-8H,2H2,1H3,(H,17,18). The first-order valence-electron chi connectivity index (χ1n) is 6.34. The fraction of sp³-hybridized carbons (Fsp3) is 0.143. The zero-order valence-corrected chi connectivity index (χ0v) is 12.7. The Hall–Kier alpha value is -1.92. The highest BCUT2D eigenvalue weighted by molar-refractivity contribution is 7.91. The first-order valence-corrected chi connectivity index (χ1v) is 8.37. The number of rotatable bonds is 3. The Morgan fingerprint density at radius 2 is 2.05 bits per heavy atom. The lowest BCUT2D eigenvalue weighted by molar-refractivity contribution is 0.597. The van der Waals surface area contributed by atoms with Crippen molar-refractivity contribution < 1.29 is 8.42 Å². The molecule has 0 aliphatic carbocycles. The monoisotopic (exact) mass is 321 g/mol. The van der Waals surface area contributed by atoms with Crippen molar-refractivity contribution in [1.82, 2.24) is 15.0 Å². The van der Waals surface area contributed by atoms with Gasteiger partial charge in [-0.1, -0.05) is 18.5 Å². The van der Waals surface area contributed by atoms with Crippen molar-refractivity contribution in [2.24, 2.45) is 0 Å². The maximum atomic E-state index is 11.9. The molecule has 2 aromatic heterocycles. The van der Waals surface area contributed by atoms with Gasteiger partial charge in [0.25, 0.3) is 0 Å². The summed E-state index contributed by atoms with van der Waals surface area (Å²) in [4.78, 5) is 11.8. The second-order valence-corrected chi connectivity index (χ2v) is 7.20. The van der Waals surface area contributed by atoms with E-state index < -0.39 is 9.84 Å². The molecule has 0 aliphatic heterocycles. The van der Waals surface area contributed by atoms with Gasteiger partial charge >= 0.3 is 0 Å². The number of nitrogens with zero attached hydrogens (tertiary/aromatic N) is 2. The van der Waals surface area contributed by atoms with Gasteiger partial charge in [-0.15, -0.1) is 0 Å². The SMILES string of the molecule is CCS(=O)(=O)c1ccc2nc(-c3ccnc(Cl)c3)[nH]c2c1. The quantitative estimate of drug-likeness (QED) is 0.752. The molecule has 2 heterocycles. The summed E-state index contributed by atoms with van der Waals surface area (Å²) in [5, 5.41) is 0.377. The number of nitrogens with one attached hydrogen (secondary N) is 1. The van der Waals surface area contributed by atoms with E-state index in [-0.39, 0.29) is 5.75 Å². The number of benzene rings is 1. The van der Waals surface area contributed by atoms with Gasteiger partial charge in [-0.05, 0) is 30.3 Å². The molecule has 21 heavy (non-hydrogen) atoms. The van der Waals surface area contributed by atoms with Gasteiger partial charge in [0.1, 0.15) is 11.0 Å². The summed E-state index contributed by atoms with van der Waals surface area (Å²) in [6, 6.07) is 8.36. The fourth-order valence-electron chi connectivity index (χ4n) is 2.04. The van der Waals surface area contributed by atoms with Crippen LogP contribution in [0.2, 0.25) is 5.15 Å². The molecular formula is C14H12ClN3O2S. The molecule has 0 spiro atoms. The van der Waals surface area contributed by atoms with E-state index in [2.05, 4.69) is 15.0 Å². The number of hydrogen-bond acceptors (Lipinski definition) is 4. The highest BCUT2D eigenvalue weighted by atomic mass is 35.5. The minimum absolute atomic E-state index is 0.0689. The number of fused-ring (bicyclic) bond motifs is 1. The molecule has 1 aromatic carbocycles. The van der Waals surface area contributed by atoms with Gasteiger partial charge < -0.3 is 4.98 Å². The van der Waals surface area contributed by atoms with E-state index >= 15 is 0 Å². The summed E-state index contributed by atoms with van der Waals surface area (Å²) in [6.45, 7) is 1.62. The Morgan fingerprint density at radius 3 is 2.76 bits per heavy atom. The van der Waals surface area contributed by atoms with Gasteiger partial charge in [0, 0.05) is 11.8 Å². The summed E-state index contributed by atoms with van der Waals surface area (Å²) in [6.07, 6.45) is 1.60. The van der Waals surface area contributed by atoms with Crippen molar-refractivity contribution >= 4 is 32.5 Å². The van der Waals surface area contributed by atoms with Gasteiger partial charge in [0.15, 0.2) is 9.84 Å². The second-order valence-electron chi connectivity index (χ2n) is 4.54. The zero-order valence-electron chi connectivity index (χ0n) is 11.2. The van der Waals surface area contributed by atoms with Gasteiger partial charge in [0.2, 0.25) is 0 Å². The van der Waals surface area contributed by atoms with Crippen molar-refractivity contribution in [1.29, 1.82) is 0 Å². The van der Waals surface area contributed by atoms with E-state index in [0.29, 0.717) is 26.9 Å². The number of hydrogen-bond donors (Lipinski definition) is 1. The molecule has 3 rings (SSSR count). The summed E-state index contributed by atoms with van der Waals surface area (Å²) < 4.78 is 23.8. The summed E-state index contributed by atoms with van der Waals surface area (Å²) in [5.74, 6) is 0.694. The highest BCUT2D eigenvalue weighted by Crippen LogP contribution is 2.24.